The Morgan fingerprint density at radius 2 is 2.23 bits per heavy atom. The average molecular weight is 208 g/mol. The van der Waals surface area contributed by atoms with Gasteiger partial charge in [0.1, 0.15) is 11.4 Å². The zero-order valence-electron chi connectivity index (χ0n) is 6.89. The lowest BCUT2D eigenvalue weighted by Gasteiger charge is -2.06. The summed E-state index contributed by atoms with van der Waals surface area (Å²) in [5, 5.41) is 9.10. The Hall–Kier alpha value is -0.900. The SMILES string of the molecule is Cc1cc(O)c(C(F)F)nc1CCl. The number of hydrogen-bond acceptors (Lipinski definition) is 2. The summed E-state index contributed by atoms with van der Waals surface area (Å²) in [7, 11) is 0. The third-order valence-corrected chi connectivity index (χ3v) is 1.91. The molecule has 5 heteroatoms. The van der Waals surface area contributed by atoms with Crippen LogP contribution in [0.3, 0.4) is 0 Å². The first-order valence-electron chi connectivity index (χ1n) is 3.59. The fourth-order valence-corrected chi connectivity index (χ4v) is 1.22. The normalized spacial score (nSPS) is 10.8. The highest BCUT2D eigenvalue weighted by Crippen LogP contribution is 2.28. The maximum atomic E-state index is 12.2. The second kappa shape index (κ2) is 3.87. The molecule has 13 heavy (non-hydrogen) atoms. The van der Waals surface area contributed by atoms with Crippen molar-refractivity contribution in [1.29, 1.82) is 0 Å². The van der Waals surface area contributed by atoms with Crippen molar-refractivity contribution in [2.45, 2.75) is 19.2 Å². The van der Waals surface area contributed by atoms with Crippen molar-refractivity contribution in [3.8, 4) is 5.75 Å². The predicted octanol–water partition coefficient (Wildman–Crippen LogP) is 2.77. The Morgan fingerprint density at radius 1 is 1.62 bits per heavy atom. The fraction of sp³-hybridized carbons (Fsp3) is 0.375. The third-order valence-electron chi connectivity index (χ3n) is 1.66. The average Bonchev–Trinajstić information content (AvgIpc) is 2.03. The summed E-state index contributed by atoms with van der Waals surface area (Å²) >= 11 is 5.47. The maximum absolute atomic E-state index is 12.2. The van der Waals surface area contributed by atoms with Gasteiger partial charge < -0.3 is 5.11 Å². The van der Waals surface area contributed by atoms with Crippen LogP contribution in [0.25, 0.3) is 0 Å². The van der Waals surface area contributed by atoms with E-state index in [-0.39, 0.29) is 5.88 Å². The van der Waals surface area contributed by atoms with Crippen LogP contribution < -0.4 is 0 Å². The molecule has 0 aromatic carbocycles. The molecular formula is C8H8ClF2NO. The molecule has 0 bridgehead atoms. The van der Waals surface area contributed by atoms with Crippen LogP contribution in [0.2, 0.25) is 0 Å². The first-order chi connectivity index (χ1) is 6.06. The van der Waals surface area contributed by atoms with E-state index in [0.29, 0.717) is 11.3 Å². The molecule has 0 unspecified atom stereocenters. The van der Waals surface area contributed by atoms with Gasteiger partial charge in [-0.25, -0.2) is 13.8 Å². The summed E-state index contributed by atoms with van der Waals surface area (Å²) < 4.78 is 24.4. The quantitative estimate of drug-likeness (QED) is 0.757. The van der Waals surface area contributed by atoms with E-state index in [0.717, 1.165) is 0 Å². The van der Waals surface area contributed by atoms with Crippen molar-refractivity contribution < 1.29 is 13.9 Å². The van der Waals surface area contributed by atoms with E-state index < -0.39 is 17.9 Å². The van der Waals surface area contributed by atoms with Crippen molar-refractivity contribution in [2.75, 3.05) is 0 Å². The molecule has 1 N–H and O–H groups in total. The van der Waals surface area contributed by atoms with E-state index in [4.69, 9.17) is 16.7 Å². The van der Waals surface area contributed by atoms with Gasteiger partial charge in [0.2, 0.25) is 0 Å². The Bertz CT molecular complexity index is 317. The Balaban J connectivity index is 3.22. The summed E-state index contributed by atoms with van der Waals surface area (Å²) in [6.07, 6.45) is -2.78. The van der Waals surface area contributed by atoms with Gasteiger partial charge in [0.05, 0.1) is 11.6 Å². The van der Waals surface area contributed by atoms with Gasteiger partial charge in [0, 0.05) is 0 Å². The molecule has 0 amide bonds. The molecule has 72 valence electrons. The molecule has 2 nitrogen and oxygen atoms in total. The standard InChI is InChI=1S/C8H8ClF2NO/c1-4-2-6(13)7(8(10)11)12-5(4)3-9/h2,8,13H,3H2,1H3. The van der Waals surface area contributed by atoms with Crippen LogP contribution in [-0.2, 0) is 5.88 Å². The molecule has 0 atom stereocenters. The van der Waals surface area contributed by atoms with Gasteiger partial charge in [0.15, 0.2) is 0 Å². The van der Waals surface area contributed by atoms with E-state index >= 15 is 0 Å². The number of aromatic hydroxyl groups is 1. The van der Waals surface area contributed by atoms with Gasteiger partial charge in [0.25, 0.3) is 6.43 Å². The summed E-state index contributed by atoms with van der Waals surface area (Å²) in [6.45, 7) is 1.65. The molecule has 0 aliphatic rings. The number of nitrogens with zero attached hydrogens (tertiary/aromatic N) is 1. The number of aromatic nitrogens is 1. The van der Waals surface area contributed by atoms with E-state index in [2.05, 4.69) is 4.98 Å². The highest BCUT2D eigenvalue weighted by Gasteiger charge is 2.16. The van der Waals surface area contributed by atoms with Crippen molar-refractivity contribution in [3.63, 3.8) is 0 Å². The third kappa shape index (κ3) is 2.06. The monoisotopic (exact) mass is 207 g/mol. The molecule has 0 radical (unpaired) electrons. The van der Waals surface area contributed by atoms with Crippen LogP contribution >= 0.6 is 11.6 Å². The van der Waals surface area contributed by atoms with Crippen molar-refractivity contribution >= 4 is 11.6 Å². The topological polar surface area (TPSA) is 33.1 Å². The number of alkyl halides is 3. The zero-order valence-corrected chi connectivity index (χ0v) is 7.65. The fourth-order valence-electron chi connectivity index (χ4n) is 0.949. The Labute approximate surface area is 79.2 Å². The molecule has 0 aliphatic carbocycles. The minimum Gasteiger partial charge on any atom is -0.506 e. The summed E-state index contributed by atoms with van der Waals surface area (Å²) in [5.74, 6) is -0.424. The van der Waals surface area contributed by atoms with E-state index in [1.165, 1.54) is 6.07 Å². The lowest BCUT2D eigenvalue weighted by Crippen LogP contribution is -1.97. The van der Waals surface area contributed by atoms with E-state index in [1.807, 2.05) is 0 Å². The Morgan fingerprint density at radius 3 is 2.69 bits per heavy atom. The molecule has 0 saturated heterocycles. The van der Waals surface area contributed by atoms with Crippen LogP contribution in [0.5, 0.6) is 5.75 Å². The molecule has 1 aromatic rings. The van der Waals surface area contributed by atoms with Crippen LogP contribution in [0.4, 0.5) is 8.78 Å². The maximum Gasteiger partial charge on any atom is 0.284 e. The minimum absolute atomic E-state index is 0.0613. The molecule has 0 aliphatic heterocycles. The zero-order chi connectivity index (χ0) is 10.0. The van der Waals surface area contributed by atoms with E-state index in [9.17, 15) is 8.78 Å². The molecule has 1 aromatic heterocycles. The first-order valence-corrected chi connectivity index (χ1v) is 4.13. The van der Waals surface area contributed by atoms with Crippen molar-refractivity contribution in [3.05, 3.63) is 23.0 Å². The van der Waals surface area contributed by atoms with Gasteiger partial charge in [-0.1, -0.05) is 0 Å². The number of aryl methyl sites for hydroxylation is 1. The highest BCUT2D eigenvalue weighted by molar-refractivity contribution is 6.17. The number of halogens is 3. The number of pyridine rings is 1. The van der Waals surface area contributed by atoms with Crippen LogP contribution in [0, 0.1) is 6.92 Å². The van der Waals surface area contributed by atoms with Crippen molar-refractivity contribution in [1.82, 2.24) is 4.98 Å². The largest absolute Gasteiger partial charge is 0.506 e. The summed E-state index contributed by atoms with van der Waals surface area (Å²) in [6, 6.07) is 1.24. The second-order valence-corrected chi connectivity index (χ2v) is 2.86. The first kappa shape index (κ1) is 10.2. The van der Waals surface area contributed by atoms with Gasteiger partial charge in [-0.15, -0.1) is 11.6 Å². The summed E-state index contributed by atoms with van der Waals surface area (Å²) in [5.41, 5.74) is 0.368. The molecule has 1 rings (SSSR count). The Kier molecular flexibility index (Phi) is 3.03. The van der Waals surface area contributed by atoms with Gasteiger partial charge in [-0.3, -0.25) is 0 Å². The molecule has 0 spiro atoms. The lowest BCUT2D eigenvalue weighted by molar-refractivity contribution is 0.141. The van der Waals surface area contributed by atoms with Gasteiger partial charge >= 0.3 is 0 Å². The van der Waals surface area contributed by atoms with Crippen molar-refractivity contribution in [2.24, 2.45) is 0 Å². The van der Waals surface area contributed by atoms with Gasteiger partial charge in [-0.05, 0) is 18.6 Å². The highest BCUT2D eigenvalue weighted by atomic mass is 35.5. The van der Waals surface area contributed by atoms with E-state index in [1.54, 1.807) is 6.92 Å². The summed E-state index contributed by atoms with van der Waals surface area (Å²) in [4.78, 5) is 3.56. The number of rotatable bonds is 2. The predicted molar refractivity (Wildman–Crippen MR) is 45.2 cm³/mol. The van der Waals surface area contributed by atoms with Gasteiger partial charge in [-0.2, -0.15) is 0 Å². The minimum atomic E-state index is -2.78. The molecule has 0 saturated carbocycles. The van der Waals surface area contributed by atoms with Crippen LogP contribution in [0.15, 0.2) is 6.07 Å². The van der Waals surface area contributed by atoms with Crippen LogP contribution in [-0.4, -0.2) is 10.1 Å². The molecule has 0 fully saturated rings. The second-order valence-electron chi connectivity index (χ2n) is 2.59. The smallest absolute Gasteiger partial charge is 0.284 e. The molecular weight excluding hydrogens is 200 g/mol. The lowest BCUT2D eigenvalue weighted by atomic mass is 10.2. The number of hydrogen-bond donors (Lipinski definition) is 1. The van der Waals surface area contributed by atoms with Crippen LogP contribution in [0.1, 0.15) is 23.4 Å². The molecule has 1 heterocycles.